The lowest BCUT2D eigenvalue weighted by Gasteiger charge is -2.26. The van der Waals surface area contributed by atoms with Gasteiger partial charge in [0.1, 0.15) is 11.4 Å². The Balaban J connectivity index is 1.82. The number of aromatic nitrogens is 1. The minimum atomic E-state index is -0.906. The fourth-order valence-corrected chi connectivity index (χ4v) is 5.11. The zero-order valence-electron chi connectivity index (χ0n) is 15.1. The smallest absolute Gasteiger partial charge is 0.259 e. The van der Waals surface area contributed by atoms with Crippen LogP contribution in [0.4, 0.5) is 15.9 Å². The number of rotatable bonds is 3. The average Bonchev–Trinajstić information content (AvgIpc) is 3.17. The van der Waals surface area contributed by atoms with Gasteiger partial charge in [0.2, 0.25) is 0 Å². The van der Waals surface area contributed by atoms with Crippen LogP contribution >= 0.6 is 45.8 Å². The molecule has 2 heterocycles. The van der Waals surface area contributed by atoms with E-state index in [0.717, 1.165) is 9.26 Å². The summed E-state index contributed by atoms with van der Waals surface area (Å²) >= 11 is 14.1. The molecule has 1 aliphatic heterocycles. The molecule has 0 unspecified atom stereocenters. The van der Waals surface area contributed by atoms with E-state index in [9.17, 15) is 9.18 Å². The van der Waals surface area contributed by atoms with Gasteiger partial charge in [0.25, 0.3) is 5.91 Å². The highest BCUT2D eigenvalue weighted by molar-refractivity contribution is 14.1. The fourth-order valence-electron chi connectivity index (χ4n) is 3.68. The normalized spacial score (nSPS) is 18.1. The number of benzene rings is 2. The maximum Gasteiger partial charge on any atom is 0.259 e. The van der Waals surface area contributed by atoms with Gasteiger partial charge in [-0.1, -0.05) is 35.3 Å². The highest BCUT2D eigenvalue weighted by atomic mass is 127. The molecule has 29 heavy (non-hydrogen) atoms. The predicted molar refractivity (Wildman–Crippen MR) is 119 cm³/mol. The van der Waals surface area contributed by atoms with Gasteiger partial charge in [-0.05, 0) is 71.5 Å². The molecule has 146 valence electrons. The van der Waals surface area contributed by atoms with E-state index in [-0.39, 0.29) is 16.0 Å². The first-order valence-electron chi connectivity index (χ1n) is 8.62. The second kappa shape index (κ2) is 7.31. The number of fused-ring (bicyclic) bond motifs is 1. The Morgan fingerprint density at radius 1 is 1.14 bits per heavy atom. The SMILES string of the molecule is C[C@@]1(Cc2ccc(C#N)cc2)C(=O)N(c2cc(Cl)c(F)c(Cl)c2)c2ccc(I)n21. The van der Waals surface area contributed by atoms with Gasteiger partial charge in [-0.3, -0.25) is 9.69 Å². The van der Waals surface area contributed by atoms with Crippen molar-refractivity contribution in [3.63, 3.8) is 0 Å². The fraction of sp³-hybridized carbons (Fsp3) is 0.143. The van der Waals surface area contributed by atoms with E-state index < -0.39 is 11.4 Å². The molecule has 4 nitrogen and oxygen atoms in total. The number of amides is 1. The van der Waals surface area contributed by atoms with Crippen molar-refractivity contribution in [2.45, 2.75) is 18.9 Å². The third kappa shape index (κ3) is 3.21. The first-order valence-corrected chi connectivity index (χ1v) is 10.5. The Morgan fingerprint density at radius 2 is 1.76 bits per heavy atom. The first-order chi connectivity index (χ1) is 13.8. The number of carbonyl (C=O) groups is 1. The Hall–Kier alpha value is -2.08. The quantitative estimate of drug-likeness (QED) is 0.300. The first kappa shape index (κ1) is 20.2. The van der Waals surface area contributed by atoms with E-state index in [2.05, 4.69) is 28.7 Å². The lowest BCUT2D eigenvalue weighted by Crippen LogP contribution is -2.41. The Bertz CT molecular complexity index is 1160. The minimum Gasteiger partial charge on any atom is -0.307 e. The Labute approximate surface area is 190 Å². The summed E-state index contributed by atoms with van der Waals surface area (Å²) in [5.74, 6) is -0.225. The summed E-state index contributed by atoms with van der Waals surface area (Å²) in [6.45, 7) is 1.87. The number of halogens is 4. The summed E-state index contributed by atoms with van der Waals surface area (Å²) in [4.78, 5) is 15.1. The van der Waals surface area contributed by atoms with Crippen LogP contribution in [0.25, 0.3) is 0 Å². The Kier molecular flexibility index (Phi) is 5.09. The van der Waals surface area contributed by atoms with Crippen LogP contribution in [0, 0.1) is 20.8 Å². The monoisotopic (exact) mass is 539 g/mol. The van der Waals surface area contributed by atoms with Gasteiger partial charge in [-0.25, -0.2) is 4.39 Å². The van der Waals surface area contributed by atoms with Crippen LogP contribution in [-0.2, 0) is 16.8 Å². The number of carbonyl (C=O) groups excluding carboxylic acids is 1. The van der Waals surface area contributed by atoms with Crippen LogP contribution in [0.1, 0.15) is 18.1 Å². The van der Waals surface area contributed by atoms with Gasteiger partial charge in [-0.2, -0.15) is 5.26 Å². The maximum absolute atomic E-state index is 13.9. The van der Waals surface area contributed by atoms with Crippen molar-refractivity contribution in [2.24, 2.45) is 0 Å². The van der Waals surface area contributed by atoms with Crippen molar-refractivity contribution in [1.82, 2.24) is 4.57 Å². The number of nitrogens with zero attached hydrogens (tertiary/aromatic N) is 3. The maximum atomic E-state index is 13.9. The predicted octanol–water partition coefficient (Wildman–Crippen LogP) is 6.05. The van der Waals surface area contributed by atoms with Crippen molar-refractivity contribution in [3.05, 3.63) is 79.2 Å². The molecule has 0 N–H and O–H groups in total. The second-order valence-corrected chi connectivity index (χ2v) is 8.89. The van der Waals surface area contributed by atoms with Gasteiger partial charge in [-0.15, -0.1) is 0 Å². The molecular weight excluding hydrogens is 527 g/mol. The molecular formula is C21H13Cl2FIN3O. The van der Waals surface area contributed by atoms with Crippen LogP contribution in [0.3, 0.4) is 0 Å². The molecule has 0 spiro atoms. The van der Waals surface area contributed by atoms with E-state index in [0.29, 0.717) is 23.5 Å². The van der Waals surface area contributed by atoms with Crippen molar-refractivity contribution >= 4 is 63.2 Å². The van der Waals surface area contributed by atoms with Gasteiger partial charge in [0.15, 0.2) is 5.82 Å². The molecule has 1 aromatic heterocycles. The summed E-state index contributed by atoms with van der Waals surface area (Å²) in [5, 5.41) is 8.72. The number of hydrogen-bond acceptors (Lipinski definition) is 2. The second-order valence-electron chi connectivity index (χ2n) is 6.97. The van der Waals surface area contributed by atoms with Gasteiger partial charge < -0.3 is 4.57 Å². The molecule has 4 rings (SSSR count). The minimum absolute atomic E-state index is 0.145. The van der Waals surface area contributed by atoms with Gasteiger partial charge in [0.05, 0.1) is 31.1 Å². The lowest BCUT2D eigenvalue weighted by molar-refractivity contribution is -0.124. The molecule has 3 aromatic rings. The lowest BCUT2D eigenvalue weighted by atomic mass is 9.91. The van der Waals surface area contributed by atoms with Gasteiger partial charge in [0, 0.05) is 6.42 Å². The highest BCUT2D eigenvalue weighted by Gasteiger charge is 2.48. The molecule has 0 saturated carbocycles. The zero-order chi connectivity index (χ0) is 20.9. The van der Waals surface area contributed by atoms with Crippen molar-refractivity contribution in [2.75, 3.05) is 4.90 Å². The molecule has 0 aliphatic carbocycles. The molecule has 0 fully saturated rings. The van der Waals surface area contributed by atoms with Crippen molar-refractivity contribution < 1.29 is 9.18 Å². The van der Waals surface area contributed by atoms with Crippen LogP contribution in [0.5, 0.6) is 0 Å². The summed E-state index contributed by atoms with van der Waals surface area (Å²) in [6.07, 6.45) is 0.425. The van der Waals surface area contributed by atoms with E-state index in [1.165, 1.54) is 17.0 Å². The third-order valence-electron chi connectivity index (χ3n) is 5.06. The molecule has 0 radical (unpaired) electrons. The molecule has 0 saturated heterocycles. The third-order valence-corrected chi connectivity index (χ3v) is 6.45. The summed E-state index contributed by atoms with van der Waals surface area (Å²) in [5.41, 5.74) is 0.986. The molecule has 1 atom stereocenters. The highest BCUT2D eigenvalue weighted by Crippen LogP contribution is 2.45. The Morgan fingerprint density at radius 3 is 2.34 bits per heavy atom. The van der Waals surface area contributed by atoms with Crippen LogP contribution in [0.2, 0.25) is 10.0 Å². The largest absolute Gasteiger partial charge is 0.307 e. The topological polar surface area (TPSA) is 49.0 Å². The summed E-state index contributed by atoms with van der Waals surface area (Å²) in [7, 11) is 0. The van der Waals surface area contributed by atoms with Crippen molar-refractivity contribution in [3.8, 4) is 6.07 Å². The van der Waals surface area contributed by atoms with E-state index >= 15 is 0 Å². The average molecular weight is 540 g/mol. The van der Waals surface area contributed by atoms with Crippen LogP contribution in [0.15, 0.2) is 48.5 Å². The molecule has 2 aromatic carbocycles. The van der Waals surface area contributed by atoms with Crippen molar-refractivity contribution in [1.29, 1.82) is 5.26 Å². The molecule has 1 aliphatic rings. The molecule has 1 amide bonds. The van der Waals surface area contributed by atoms with Crippen LogP contribution < -0.4 is 4.90 Å². The molecule has 8 heteroatoms. The summed E-state index contributed by atoms with van der Waals surface area (Å²) < 4.78 is 16.7. The van der Waals surface area contributed by atoms with E-state index in [1.54, 1.807) is 12.1 Å². The summed E-state index contributed by atoms with van der Waals surface area (Å²) in [6, 6.07) is 15.8. The molecule has 0 bridgehead atoms. The zero-order valence-corrected chi connectivity index (χ0v) is 18.8. The number of hydrogen-bond donors (Lipinski definition) is 0. The van der Waals surface area contributed by atoms with E-state index in [1.807, 2.05) is 35.8 Å². The number of nitriles is 1. The van der Waals surface area contributed by atoms with Gasteiger partial charge >= 0.3 is 0 Å². The number of anilines is 2. The van der Waals surface area contributed by atoms with E-state index in [4.69, 9.17) is 28.5 Å². The standard InChI is InChI=1S/C21H13Cl2FIN3O/c1-21(10-12-2-4-13(11-26)5-3-12)20(29)27(18-7-6-17(25)28(18)21)14-8-15(22)19(24)16(23)9-14/h2-9H,10H2,1H3/t21-/m1/s1. The van der Waals surface area contributed by atoms with Crippen LogP contribution in [-0.4, -0.2) is 10.5 Å².